The minimum atomic E-state index is 0.432. The molecule has 0 fully saturated rings. The highest BCUT2D eigenvalue weighted by Gasteiger charge is 2.21. The summed E-state index contributed by atoms with van der Waals surface area (Å²) < 4.78 is 0. The van der Waals surface area contributed by atoms with Crippen molar-refractivity contribution in [3.63, 3.8) is 0 Å². The van der Waals surface area contributed by atoms with E-state index in [4.69, 9.17) is 0 Å². The van der Waals surface area contributed by atoms with Gasteiger partial charge in [-0.05, 0) is 11.0 Å². The second kappa shape index (κ2) is 2.14. The second-order valence-corrected chi connectivity index (χ2v) is 4.60. The van der Waals surface area contributed by atoms with Crippen LogP contribution in [0.5, 0.6) is 0 Å². The molecule has 0 aromatic rings. The zero-order valence-corrected chi connectivity index (χ0v) is 8.39. The van der Waals surface area contributed by atoms with Gasteiger partial charge in [-0.1, -0.05) is 38.2 Å². The Morgan fingerprint density at radius 1 is 1.33 bits per heavy atom. The summed E-state index contributed by atoms with van der Waals surface area (Å²) in [6, 6.07) is 0. The molecule has 0 radical (unpaired) electrons. The second-order valence-electron chi connectivity index (χ2n) is 3.35. The molecule has 0 saturated heterocycles. The molecular weight excluding hydrogens is 124 g/mol. The van der Waals surface area contributed by atoms with Crippen LogP contribution < -0.4 is 0 Å². The fourth-order valence-corrected chi connectivity index (χ4v) is 1.35. The Hall–Kier alpha value is -0.303. The number of allylic oxidation sites excluding steroid dienone is 4. The lowest BCUT2D eigenvalue weighted by Gasteiger charge is -2.27. The molecule has 0 aromatic heterocycles. The molecule has 1 rings (SSSR count). The van der Waals surface area contributed by atoms with E-state index in [0.29, 0.717) is 5.41 Å². The summed E-state index contributed by atoms with van der Waals surface area (Å²) in [4.78, 5) is 0. The van der Waals surface area contributed by atoms with Crippen molar-refractivity contribution in [2.24, 2.45) is 5.41 Å². The van der Waals surface area contributed by atoms with E-state index in [9.17, 15) is 0 Å². The van der Waals surface area contributed by atoms with E-state index in [1.54, 1.807) is 0 Å². The van der Waals surface area contributed by atoms with Gasteiger partial charge in [0.1, 0.15) is 0 Å². The smallest absolute Gasteiger partial charge is 0.0126 e. The summed E-state index contributed by atoms with van der Waals surface area (Å²) in [7, 11) is 1.27. The van der Waals surface area contributed by atoms with Gasteiger partial charge in [0.2, 0.25) is 0 Å². The summed E-state index contributed by atoms with van der Waals surface area (Å²) in [6.07, 6.45) is 8.91. The van der Waals surface area contributed by atoms with Crippen molar-refractivity contribution in [1.82, 2.24) is 0 Å². The third-order valence-corrected chi connectivity index (χ3v) is 4.08. The zero-order valence-electron chi connectivity index (χ0n) is 6.39. The fraction of sp³-hybridized carbons (Fsp3) is 0.500. The molecule has 0 saturated carbocycles. The van der Waals surface area contributed by atoms with Crippen molar-refractivity contribution in [3.05, 3.63) is 24.3 Å². The number of rotatable bonds is 0. The third-order valence-electron chi connectivity index (χ3n) is 2.21. The van der Waals surface area contributed by atoms with Crippen LogP contribution in [0.3, 0.4) is 0 Å². The zero-order chi connectivity index (χ0) is 6.91. The number of hydrogen-bond donors (Lipinski definition) is 0. The van der Waals surface area contributed by atoms with Crippen LogP contribution in [0, 0.1) is 5.41 Å². The number of hydrogen-bond acceptors (Lipinski definition) is 0. The Bertz CT molecular complexity index is 154. The highest BCUT2D eigenvalue weighted by Crippen LogP contribution is 2.34. The first-order chi connectivity index (χ1) is 4.13. The summed E-state index contributed by atoms with van der Waals surface area (Å²) in [5.74, 6) is 0. The van der Waals surface area contributed by atoms with E-state index < -0.39 is 0 Å². The van der Waals surface area contributed by atoms with Crippen LogP contribution >= 0.6 is 0 Å². The Kier molecular flexibility index (Phi) is 1.62. The van der Waals surface area contributed by atoms with E-state index in [2.05, 4.69) is 38.2 Å². The topological polar surface area (TPSA) is 0 Å². The average molecular weight is 138 g/mol. The first-order valence-corrected chi connectivity index (χ1v) is 4.64. The van der Waals surface area contributed by atoms with Crippen LogP contribution in [0.2, 0.25) is 5.54 Å². The molecule has 9 heavy (non-hydrogen) atoms. The minimum absolute atomic E-state index is 0.432. The van der Waals surface area contributed by atoms with Gasteiger partial charge in [-0.15, -0.1) is 0 Å². The largest absolute Gasteiger partial charge is 0.0842 e. The van der Waals surface area contributed by atoms with Crippen LogP contribution in [-0.2, 0) is 0 Å². The van der Waals surface area contributed by atoms with E-state index in [-0.39, 0.29) is 0 Å². The maximum atomic E-state index is 2.31. The van der Waals surface area contributed by atoms with Crippen LogP contribution in [0.1, 0.15) is 13.8 Å². The van der Waals surface area contributed by atoms with Crippen molar-refractivity contribution >= 4 is 10.2 Å². The monoisotopic (exact) mass is 138 g/mol. The molecule has 1 aliphatic rings. The first kappa shape index (κ1) is 6.81. The lowest BCUT2D eigenvalue weighted by molar-refractivity contribution is 0.484. The van der Waals surface area contributed by atoms with Crippen molar-refractivity contribution in [2.75, 3.05) is 0 Å². The molecule has 1 unspecified atom stereocenters. The van der Waals surface area contributed by atoms with E-state index in [1.165, 1.54) is 10.2 Å². The standard InChI is InChI=1S/C8H14Si/c1-8(2)6-4-3-5-7(8)9/h3-7H,1-2,9H3. The SMILES string of the molecule is CC1(C)C=CC=CC1[SiH3]. The van der Waals surface area contributed by atoms with Crippen LogP contribution in [-0.4, -0.2) is 10.2 Å². The third kappa shape index (κ3) is 1.33. The summed E-state index contributed by atoms with van der Waals surface area (Å²) in [6.45, 7) is 4.59. The maximum Gasteiger partial charge on any atom is 0.0126 e. The maximum absolute atomic E-state index is 2.31. The molecule has 1 atom stereocenters. The predicted molar refractivity (Wildman–Crippen MR) is 45.8 cm³/mol. The first-order valence-electron chi connectivity index (χ1n) is 3.49. The van der Waals surface area contributed by atoms with Gasteiger partial charge in [-0.25, -0.2) is 0 Å². The van der Waals surface area contributed by atoms with Gasteiger partial charge in [0.15, 0.2) is 0 Å². The molecule has 0 nitrogen and oxygen atoms in total. The average Bonchev–Trinajstić information content (AvgIpc) is 1.77. The lowest BCUT2D eigenvalue weighted by atomic mass is 9.85. The van der Waals surface area contributed by atoms with Crippen molar-refractivity contribution in [1.29, 1.82) is 0 Å². The van der Waals surface area contributed by atoms with Gasteiger partial charge in [0.25, 0.3) is 0 Å². The quantitative estimate of drug-likeness (QED) is 0.443. The van der Waals surface area contributed by atoms with Gasteiger partial charge < -0.3 is 0 Å². The van der Waals surface area contributed by atoms with E-state index in [0.717, 1.165) is 5.54 Å². The summed E-state index contributed by atoms with van der Waals surface area (Å²) in [5, 5.41) is 0. The van der Waals surface area contributed by atoms with Gasteiger partial charge in [-0.2, -0.15) is 0 Å². The highest BCUT2D eigenvalue weighted by atomic mass is 28.1. The molecule has 1 aliphatic carbocycles. The minimum Gasteiger partial charge on any atom is -0.0842 e. The highest BCUT2D eigenvalue weighted by molar-refractivity contribution is 6.13. The molecule has 50 valence electrons. The Morgan fingerprint density at radius 3 is 2.33 bits per heavy atom. The van der Waals surface area contributed by atoms with Crippen molar-refractivity contribution in [3.8, 4) is 0 Å². The molecule has 0 bridgehead atoms. The van der Waals surface area contributed by atoms with E-state index in [1.807, 2.05) is 0 Å². The van der Waals surface area contributed by atoms with Gasteiger partial charge in [0, 0.05) is 10.2 Å². The van der Waals surface area contributed by atoms with Crippen molar-refractivity contribution < 1.29 is 0 Å². The molecular formula is C8H14Si. The molecule has 0 spiro atoms. The molecule has 0 N–H and O–H groups in total. The molecule has 0 aliphatic heterocycles. The van der Waals surface area contributed by atoms with Crippen LogP contribution in [0.15, 0.2) is 24.3 Å². The van der Waals surface area contributed by atoms with Crippen LogP contribution in [0.25, 0.3) is 0 Å². The fourth-order valence-electron chi connectivity index (χ4n) is 0.934. The molecule has 1 heteroatoms. The van der Waals surface area contributed by atoms with Gasteiger partial charge in [-0.3, -0.25) is 0 Å². The van der Waals surface area contributed by atoms with Crippen LogP contribution in [0.4, 0.5) is 0 Å². The molecule has 0 heterocycles. The predicted octanol–water partition coefficient (Wildman–Crippen LogP) is 1.29. The summed E-state index contributed by atoms with van der Waals surface area (Å²) >= 11 is 0. The van der Waals surface area contributed by atoms with Gasteiger partial charge in [0.05, 0.1) is 0 Å². The van der Waals surface area contributed by atoms with Gasteiger partial charge >= 0.3 is 0 Å². The van der Waals surface area contributed by atoms with E-state index >= 15 is 0 Å². The lowest BCUT2D eigenvalue weighted by Crippen LogP contribution is -2.16. The molecule has 0 aromatic carbocycles. The Balaban J connectivity index is 2.78. The summed E-state index contributed by atoms with van der Waals surface area (Å²) in [5.41, 5.74) is 1.25. The molecule has 0 amide bonds. The Labute approximate surface area is 60.1 Å². The normalized spacial score (nSPS) is 31.1. The van der Waals surface area contributed by atoms with Crippen molar-refractivity contribution in [2.45, 2.75) is 19.4 Å². The Morgan fingerprint density at radius 2 is 2.00 bits per heavy atom.